The number of hydrogen-bond acceptors (Lipinski definition) is 3. The van der Waals surface area contributed by atoms with Crippen LogP contribution in [0.3, 0.4) is 0 Å². The lowest BCUT2D eigenvalue weighted by Crippen LogP contribution is -2.49. The summed E-state index contributed by atoms with van der Waals surface area (Å²) in [5.74, 6) is 0. The molecule has 3 rings (SSSR count). The van der Waals surface area contributed by atoms with E-state index in [1.165, 1.54) is 19.3 Å². The van der Waals surface area contributed by atoms with Gasteiger partial charge >= 0.3 is 0 Å². The molecule has 3 fully saturated rings. The second kappa shape index (κ2) is 3.44. The first kappa shape index (κ1) is 10.1. The number of rotatable bonds is 2. The standard InChI is InChI=1S/C12H22N2O/c1-9-7-12(15,11-3-2-6-13-11)8-14(9)10-4-5-10/h9-11,13,15H,2-8H2,1H3. The molecule has 3 heteroatoms. The Morgan fingerprint density at radius 1 is 1.33 bits per heavy atom. The van der Waals surface area contributed by atoms with E-state index in [-0.39, 0.29) is 0 Å². The summed E-state index contributed by atoms with van der Waals surface area (Å²) in [6.45, 7) is 4.26. The average molecular weight is 210 g/mol. The molecule has 0 aromatic carbocycles. The van der Waals surface area contributed by atoms with Gasteiger partial charge in [0.25, 0.3) is 0 Å². The summed E-state index contributed by atoms with van der Waals surface area (Å²) in [6.07, 6.45) is 6.03. The van der Waals surface area contributed by atoms with Crippen LogP contribution in [0.4, 0.5) is 0 Å². The van der Waals surface area contributed by atoms with E-state index < -0.39 is 5.60 Å². The average Bonchev–Trinajstić information content (AvgIpc) is 2.77. The zero-order chi connectivity index (χ0) is 10.5. The molecule has 1 aliphatic carbocycles. The lowest BCUT2D eigenvalue weighted by molar-refractivity contribution is 0.0160. The molecule has 3 aliphatic rings. The van der Waals surface area contributed by atoms with Crippen molar-refractivity contribution < 1.29 is 5.11 Å². The molecular formula is C12H22N2O. The highest BCUT2D eigenvalue weighted by Crippen LogP contribution is 2.39. The molecule has 15 heavy (non-hydrogen) atoms. The summed E-state index contributed by atoms with van der Waals surface area (Å²) >= 11 is 0. The van der Waals surface area contributed by atoms with Crippen LogP contribution >= 0.6 is 0 Å². The van der Waals surface area contributed by atoms with E-state index in [1.807, 2.05) is 0 Å². The third-order valence-electron chi connectivity index (χ3n) is 4.40. The zero-order valence-electron chi connectivity index (χ0n) is 9.58. The van der Waals surface area contributed by atoms with Crippen molar-refractivity contribution in [2.45, 2.75) is 62.8 Å². The Morgan fingerprint density at radius 3 is 2.73 bits per heavy atom. The number of β-amino-alcohol motifs (C(OH)–C–C–N with tert-alkyl or cyclic N) is 1. The van der Waals surface area contributed by atoms with E-state index in [2.05, 4.69) is 17.1 Å². The van der Waals surface area contributed by atoms with E-state index in [0.717, 1.165) is 32.0 Å². The molecule has 3 unspecified atom stereocenters. The van der Waals surface area contributed by atoms with Crippen LogP contribution in [-0.4, -0.2) is 46.8 Å². The molecule has 2 heterocycles. The Balaban J connectivity index is 1.71. The molecule has 0 aromatic heterocycles. The van der Waals surface area contributed by atoms with Gasteiger partial charge in [-0.05, 0) is 45.6 Å². The van der Waals surface area contributed by atoms with Crippen LogP contribution in [0.15, 0.2) is 0 Å². The highest BCUT2D eigenvalue weighted by atomic mass is 16.3. The minimum Gasteiger partial charge on any atom is -0.387 e. The van der Waals surface area contributed by atoms with Gasteiger partial charge in [-0.3, -0.25) is 4.90 Å². The largest absolute Gasteiger partial charge is 0.387 e. The Morgan fingerprint density at radius 2 is 2.13 bits per heavy atom. The van der Waals surface area contributed by atoms with Gasteiger partial charge in [0, 0.05) is 24.7 Å². The van der Waals surface area contributed by atoms with Crippen molar-refractivity contribution in [1.29, 1.82) is 0 Å². The van der Waals surface area contributed by atoms with E-state index in [0.29, 0.717) is 12.1 Å². The smallest absolute Gasteiger partial charge is 0.0941 e. The SMILES string of the molecule is CC1CC(O)(C2CCCN2)CN1C1CC1. The van der Waals surface area contributed by atoms with Crippen molar-refractivity contribution in [2.24, 2.45) is 0 Å². The summed E-state index contributed by atoms with van der Waals surface area (Å²) in [4.78, 5) is 2.53. The topological polar surface area (TPSA) is 35.5 Å². The van der Waals surface area contributed by atoms with E-state index >= 15 is 0 Å². The molecule has 0 radical (unpaired) electrons. The number of nitrogens with zero attached hydrogens (tertiary/aromatic N) is 1. The Bertz CT molecular complexity index is 248. The maximum Gasteiger partial charge on any atom is 0.0941 e. The van der Waals surface area contributed by atoms with Gasteiger partial charge in [-0.2, -0.15) is 0 Å². The third kappa shape index (κ3) is 1.71. The molecule has 2 N–H and O–H groups in total. The van der Waals surface area contributed by atoms with Crippen molar-refractivity contribution in [3.05, 3.63) is 0 Å². The molecule has 0 amide bonds. The molecule has 1 saturated carbocycles. The van der Waals surface area contributed by atoms with Crippen LogP contribution in [0.2, 0.25) is 0 Å². The summed E-state index contributed by atoms with van der Waals surface area (Å²) in [5.41, 5.74) is -0.446. The molecule has 3 atom stereocenters. The Hall–Kier alpha value is -0.120. The van der Waals surface area contributed by atoms with Gasteiger partial charge in [-0.15, -0.1) is 0 Å². The first-order valence-corrected chi connectivity index (χ1v) is 6.40. The quantitative estimate of drug-likeness (QED) is 0.705. The molecule has 0 spiro atoms. The van der Waals surface area contributed by atoms with Gasteiger partial charge in [0.1, 0.15) is 0 Å². The Kier molecular flexibility index (Phi) is 2.31. The van der Waals surface area contributed by atoms with E-state index in [1.54, 1.807) is 0 Å². The lowest BCUT2D eigenvalue weighted by atomic mass is 9.90. The lowest BCUT2D eigenvalue weighted by Gasteiger charge is -2.30. The molecule has 0 aromatic rings. The first-order valence-electron chi connectivity index (χ1n) is 6.40. The van der Waals surface area contributed by atoms with Crippen molar-refractivity contribution in [2.75, 3.05) is 13.1 Å². The molecule has 2 aliphatic heterocycles. The summed E-state index contributed by atoms with van der Waals surface area (Å²) in [6, 6.07) is 1.71. The number of nitrogens with one attached hydrogen (secondary N) is 1. The maximum atomic E-state index is 10.7. The Labute approximate surface area is 91.8 Å². The van der Waals surface area contributed by atoms with Crippen LogP contribution in [-0.2, 0) is 0 Å². The molecule has 2 saturated heterocycles. The fraction of sp³-hybridized carbons (Fsp3) is 1.00. The first-order chi connectivity index (χ1) is 7.19. The number of hydrogen-bond donors (Lipinski definition) is 2. The van der Waals surface area contributed by atoms with Crippen molar-refractivity contribution in [3.63, 3.8) is 0 Å². The van der Waals surface area contributed by atoms with Gasteiger partial charge in [-0.1, -0.05) is 0 Å². The zero-order valence-corrected chi connectivity index (χ0v) is 9.58. The summed E-state index contributed by atoms with van der Waals surface area (Å²) in [5, 5.41) is 14.2. The monoisotopic (exact) mass is 210 g/mol. The molecule has 3 nitrogen and oxygen atoms in total. The predicted octanol–water partition coefficient (Wildman–Crippen LogP) is 0.726. The van der Waals surface area contributed by atoms with Crippen LogP contribution in [0.1, 0.15) is 39.0 Å². The molecule has 86 valence electrons. The molecular weight excluding hydrogens is 188 g/mol. The van der Waals surface area contributed by atoms with Crippen molar-refractivity contribution >= 4 is 0 Å². The minimum absolute atomic E-state index is 0.351. The summed E-state index contributed by atoms with van der Waals surface area (Å²) < 4.78 is 0. The fourth-order valence-corrected chi connectivity index (χ4v) is 3.46. The second-order valence-corrected chi connectivity index (χ2v) is 5.71. The number of likely N-dealkylation sites (tertiary alicyclic amines) is 1. The van der Waals surface area contributed by atoms with Crippen molar-refractivity contribution in [3.8, 4) is 0 Å². The molecule has 0 bridgehead atoms. The highest BCUT2D eigenvalue weighted by Gasteiger charge is 2.50. The van der Waals surface area contributed by atoms with Crippen LogP contribution in [0.5, 0.6) is 0 Å². The van der Waals surface area contributed by atoms with Gasteiger partial charge in [-0.25, -0.2) is 0 Å². The fourth-order valence-electron chi connectivity index (χ4n) is 3.46. The highest BCUT2D eigenvalue weighted by molar-refractivity contribution is 5.06. The predicted molar refractivity (Wildman–Crippen MR) is 59.8 cm³/mol. The van der Waals surface area contributed by atoms with Crippen molar-refractivity contribution in [1.82, 2.24) is 10.2 Å². The number of aliphatic hydroxyl groups is 1. The minimum atomic E-state index is -0.446. The van der Waals surface area contributed by atoms with Gasteiger partial charge in [0.15, 0.2) is 0 Å². The van der Waals surface area contributed by atoms with E-state index in [9.17, 15) is 5.11 Å². The summed E-state index contributed by atoms with van der Waals surface area (Å²) in [7, 11) is 0. The van der Waals surface area contributed by atoms with E-state index in [4.69, 9.17) is 0 Å². The van der Waals surface area contributed by atoms with Gasteiger partial charge < -0.3 is 10.4 Å². The normalized spacial score (nSPS) is 47.6. The van der Waals surface area contributed by atoms with Gasteiger partial charge in [0.2, 0.25) is 0 Å². The van der Waals surface area contributed by atoms with Crippen LogP contribution in [0.25, 0.3) is 0 Å². The second-order valence-electron chi connectivity index (χ2n) is 5.71. The van der Waals surface area contributed by atoms with Crippen LogP contribution in [0, 0.1) is 0 Å². The van der Waals surface area contributed by atoms with Crippen LogP contribution < -0.4 is 5.32 Å². The maximum absolute atomic E-state index is 10.7. The van der Waals surface area contributed by atoms with Gasteiger partial charge in [0.05, 0.1) is 5.60 Å². The third-order valence-corrected chi connectivity index (χ3v) is 4.40.